The second-order valence-corrected chi connectivity index (χ2v) is 5.46. The number of carbonyl (C=O) groups is 1. The van der Waals surface area contributed by atoms with Crippen LogP contribution in [0.5, 0.6) is 11.5 Å². The molecular formula is C19H20N2O3. The van der Waals surface area contributed by atoms with E-state index in [9.17, 15) is 4.79 Å². The second kappa shape index (κ2) is 7.08. The van der Waals surface area contributed by atoms with Gasteiger partial charge in [-0.1, -0.05) is 0 Å². The predicted molar refractivity (Wildman–Crippen MR) is 93.9 cm³/mol. The summed E-state index contributed by atoms with van der Waals surface area (Å²) in [5, 5.41) is 4.06. The Morgan fingerprint density at radius 2 is 1.75 bits per heavy atom. The number of hydrogen-bond donors (Lipinski definition) is 2. The molecule has 0 aliphatic carbocycles. The Morgan fingerprint density at radius 3 is 2.46 bits per heavy atom. The first-order valence-corrected chi connectivity index (χ1v) is 7.77. The van der Waals surface area contributed by atoms with Crippen LogP contribution in [0, 0.1) is 0 Å². The number of amides is 1. The number of fused-ring (bicyclic) bond motifs is 1. The molecule has 5 nitrogen and oxygen atoms in total. The van der Waals surface area contributed by atoms with Crippen molar-refractivity contribution in [2.45, 2.75) is 6.42 Å². The molecule has 0 atom stereocenters. The first-order chi connectivity index (χ1) is 11.7. The molecule has 5 heteroatoms. The van der Waals surface area contributed by atoms with Gasteiger partial charge in [0, 0.05) is 29.2 Å². The number of rotatable bonds is 6. The number of aromatic nitrogens is 1. The lowest BCUT2D eigenvalue weighted by atomic mass is 10.1. The van der Waals surface area contributed by atoms with E-state index in [0.717, 1.165) is 34.4 Å². The van der Waals surface area contributed by atoms with Gasteiger partial charge in [-0.2, -0.15) is 0 Å². The van der Waals surface area contributed by atoms with Gasteiger partial charge in [-0.15, -0.1) is 0 Å². The fourth-order valence-electron chi connectivity index (χ4n) is 2.65. The normalized spacial score (nSPS) is 10.6. The monoisotopic (exact) mass is 324 g/mol. The number of H-pyrrole nitrogens is 1. The summed E-state index contributed by atoms with van der Waals surface area (Å²) in [5.74, 6) is 1.47. The van der Waals surface area contributed by atoms with Crippen LogP contribution in [0.4, 0.5) is 0 Å². The number of nitrogens with one attached hydrogen (secondary N) is 2. The first-order valence-electron chi connectivity index (χ1n) is 7.77. The summed E-state index contributed by atoms with van der Waals surface area (Å²) in [6, 6.07) is 13.0. The maximum absolute atomic E-state index is 12.2. The van der Waals surface area contributed by atoms with Crippen LogP contribution in [0.15, 0.2) is 48.7 Å². The number of hydrogen-bond acceptors (Lipinski definition) is 3. The third kappa shape index (κ3) is 3.35. The van der Waals surface area contributed by atoms with Crippen molar-refractivity contribution in [1.82, 2.24) is 10.3 Å². The predicted octanol–water partition coefficient (Wildman–Crippen LogP) is 3.16. The zero-order chi connectivity index (χ0) is 16.9. The maximum Gasteiger partial charge on any atom is 0.251 e. The molecule has 0 unspecified atom stereocenters. The lowest BCUT2D eigenvalue weighted by Gasteiger charge is -2.06. The van der Waals surface area contributed by atoms with Crippen LogP contribution >= 0.6 is 0 Å². The molecule has 124 valence electrons. The average molecular weight is 324 g/mol. The zero-order valence-corrected chi connectivity index (χ0v) is 13.8. The van der Waals surface area contributed by atoms with Gasteiger partial charge in [0.05, 0.1) is 14.2 Å². The third-order valence-corrected chi connectivity index (χ3v) is 4.01. The standard InChI is InChI=1S/C19H20N2O3/c1-23-15-5-3-13(4-6-15)19(22)20-10-9-14-12-21-18-8-7-16(24-2)11-17(14)18/h3-8,11-12,21H,9-10H2,1-2H3,(H,20,22). The Kier molecular flexibility index (Phi) is 4.70. The Hall–Kier alpha value is -2.95. The minimum atomic E-state index is -0.0879. The SMILES string of the molecule is COc1ccc(C(=O)NCCc2c[nH]c3ccc(OC)cc23)cc1. The van der Waals surface area contributed by atoms with Gasteiger partial charge in [0.15, 0.2) is 0 Å². The summed E-state index contributed by atoms with van der Waals surface area (Å²) in [4.78, 5) is 15.4. The van der Waals surface area contributed by atoms with E-state index in [1.165, 1.54) is 0 Å². The van der Waals surface area contributed by atoms with Gasteiger partial charge in [-0.05, 0) is 54.4 Å². The van der Waals surface area contributed by atoms with Crippen molar-refractivity contribution in [2.24, 2.45) is 0 Å². The van der Waals surface area contributed by atoms with Crippen molar-refractivity contribution in [3.8, 4) is 11.5 Å². The minimum absolute atomic E-state index is 0.0879. The fraction of sp³-hybridized carbons (Fsp3) is 0.211. The topological polar surface area (TPSA) is 63.3 Å². The van der Waals surface area contributed by atoms with Gasteiger partial charge < -0.3 is 19.8 Å². The summed E-state index contributed by atoms with van der Waals surface area (Å²) in [7, 11) is 3.26. The van der Waals surface area contributed by atoms with Crippen molar-refractivity contribution in [3.05, 3.63) is 59.8 Å². The Balaban J connectivity index is 1.62. The lowest BCUT2D eigenvalue weighted by Crippen LogP contribution is -2.25. The van der Waals surface area contributed by atoms with Crippen LogP contribution in [0.1, 0.15) is 15.9 Å². The molecule has 1 amide bonds. The number of ether oxygens (including phenoxy) is 2. The van der Waals surface area contributed by atoms with E-state index in [1.54, 1.807) is 38.5 Å². The largest absolute Gasteiger partial charge is 0.497 e. The summed E-state index contributed by atoms with van der Waals surface area (Å²) >= 11 is 0. The molecular weight excluding hydrogens is 304 g/mol. The molecule has 2 aromatic carbocycles. The molecule has 0 fully saturated rings. The lowest BCUT2D eigenvalue weighted by molar-refractivity contribution is 0.0954. The summed E-state index contributed by atoms with van der Waals surface area (Å²) in [6.45, 7) is 0.565. The van der Waals surface area contributed by atoms with Crippen molar-refractivity contribution in [2.75, 3.05) is 20.8 Å². The molecule has 3 aromatic rings. The van der Waals surface area contributed by atoms with Crippen molar-refractivity contribution in [1.29, 1.82) is 0 Å². The molecule has 2 N–H and O–H groups in total. The third-order valence-electron chi connectivity index (χ3n) is 4.01. The van der Waals surface area contributed by atoms with Crippen LogP contribution < -0.4 is 14.8 Å². The number of methoxy groups -OCH3 is 2. The second-order valence-electron chi connectivity index (χ2n) is 5.46. The molecule has 1 heterocycles. The van der Waals surface area contributed by atoms with E-state index in [1.807, 2.05) is 24.4 Å². The zero-order valence-electron chi connectivity index (χ0n) is 13.8. The highest BCUT2D eigenvalue weighted by Crippen LogP contribution is 2.23. The van der Waals surface area contributed by atoms with Crippen LogP contribution in [-0.4, -0.2) is 31.7 Å². The van der Waals surface area contributed by atoms with E-state index in [-0.39, 0.29) is 5.91 Å². The smallest absolute Gasteiger partial charge is 0.251 e. The van der Waals surface area contributed by atoms with E-state index in [4.69, 9.17) is 9.47 Å². The maximum atomic E-state index is 12.2. The molecule has 0 spiro atoms. The molecule has 24 heavy (non-hydrogen) atoms. The molecule has 0 saturated carbocycles. The van der Waals surface area contributed by atoms with Gasteiger partial charge >= 0.3 is 0 Å². The van der Waals surface area contributed by atoms with Gasteiger partial charge in [0.25, 0.3) is 5.91 Å². The minimum Gasteiger partial charge on any atom is -0.497 e. The van der Waals surface area contributed by atoms with E-state index < -0.39 is 0 Å². The molecule has 1 aromatic heterocycles. The summed E-state index contributed by atoms with van der Waals surface area (Å²) in [6.07, 6.45) is 2.72. The Labute approximate surface area is 140 Å². The van der Waals surface area contributed by atoms with Crippen LogP contribution in [-0.2, 0) is 6.42 Å². The fourth-order valence-corrected chi connectivity index (χ4v) is 2.65. The highest BCUT2D eigenvalue weighted by Gasteiger charge is 2.08. The molecule has 3 rings (SSSR count). The summed E-state index contributed by atoms with van der Waals surface area (Å²) in [5.41, 5.74) is 2.84. The number of carbonyl (C=O) groups excluding carboxylic acids is 1. The van der Waals surface area contributed by atoms with Crippen LogP contribution in [0.3, 0.4) is 0 Å². The van der Waals surface area contributed by atoms with Crippen molar-refractivity contribution in [3.63, 3.8) is 0 Å². The highest BCUT2D eigenvalue weighted by molar-refractivity contribution is 5.94. The molecule has 0 saturated heterocycles. The van der Waals surface area contributed by atoms with Gasteiger partial charge in [-0.3, -0.25) is 4.79 Å². The molecule has 0 bridgehead atoms. The average Bonchev–Trinajstić information content (AvgIpc) is 3.04. The van der Waals surface area contributed by atoms with Crippen molar-refractivity contribution >= 4 is 16.8 Å². The van der Waals surface area contributed by atoms with E-state index >= 15 is 0 Å². The molecule has 0 aliphatic heterocycles. The van der Waals surface area contributed by atoms with E-state index in [0.29, 0.717) is 12.1 Å². The molecule has 0 aliphatic rings. The van der Waals surface area contributed by atoms with Gasteiger partial charge in [0.2, 0.25) is 0 Å². The van der Waals surface area contributed by atoms with Crippen LogP contribution in [0.25, 0.3) is 10.9 Å². The Bertz CT molecular complexity index is 837. The first kappa shape index (κ1) is 15.9. The van der Waals surface area contributed by atoms with Gasteiger partial charge in [-0.25, -0.2) is 0 Å². The van der Waals surface area contributed by atoms with Crippen molar-refractivity contribution < 1.29 is 14.3 Å². The van der Waals surface area contributed by atoms with E-state index in [2.05, 4.69) is 10.3 Å². The van der Waals surface area contributed by atoms with Crippen LogP contribution in [0.2, 0.25) is 0 Å². The highest BCUT2D eigenvalue weighted by atomic mass is 16.5. The Morgan fingerprint density at radius 1 is 1.04 bits per heavy atom. The number of benzene rings is 2. The van der Waals surface area contributed by atoms with Gasteiger partial charge in [0.1, 0.15) is 11.5 Å². The number of aromatic amines is 1. The quantitative estimate of drug-likeness (QED) is 0.732. The summed E-state index contributed by atoms with van der Waals surface area (Å²) < 4.78 is 10.4. The molecule has 0 radical (unpaired) electrons.